The first-order valence-electron chi connectivity index (χ1n) is 9.24. The minimum atomic E-state index is -0.166. The van der Waals surface area contributed by atoms with Crippen molar-refractivity contribution in [2.75, 3.05) is 6.61 Å². The third-order valence-electron chi connectivity index (χ3n) is 4.67. The number of benzene rings is 2. The van der Waals surface area contributed by atoms with Gasteiger partial charge < -0.3 is 14.3 Å². The van der Waals surface area contributed by atoms with Crippen LogP contribution < -0.4 is 4.74 Å². The molecule has 1 heterocycles. The highest BCUT2D eigenvalue weighted by molar-refractivity contribution is 5.72. The normalized spacial score (nSPS) is 18.5. The third kappa shape index (κ3) is 4.49. The minimum Gasteiger partial charge on any atom is -0.464 e. The Labute approximate surface area is 150 Å². The van der Waals surface area contributed by atoms with Crippen LogP contribution in [0.5, 0.6) is 5.75 Å². The van der Waals surface area contributed by atoms with E-state index in [1.807, 2.05) is 30.3 Å². The molecular weight excluding hydrogens is 312 g/mol. The van der Waals surface area contributed by atoms with Crippen LogP contribution in [0.25, 0.3) is 11.1 Å². The maximum atomic E-state index is 11.4. The van der Waals surface area contributed by atoms with E-state index < -0.39 is 0 Å². The van der Waals surface area contributed by atoms with Crippen LogP contribution in [0.2, 0.25) is 0 Å². The smallest absolute Gasteiger partial charge is 0.199 e. The van der Waals surface area contributed by atoms with E-state index in [-0.39, 0.29) is 12.2 Å². The molecule has 0 amide bonds. The van der Waals surface area contributed by atoms with Crippen molar-refractivity contribution in [3.63, 3.8) is 0 Å². The van der Waals surface area contributed by atoms with E-state index in [9.17, 15) is 4.79 Å². The lowest BCUT2D eigenvalue weighted by molar-refractivity contribution is -0.109. The molecule has 3 heteroatoms. The summed E-state index contributed by atoms with van der Waals surface area (Å²) in [7, 11) is 0. The average Bonchev–Trinajstić information content (AvgIpc) is 2.67. The molecule has 2 unspecified atom stereocenters. The van der Waals surface area contributed by atoms with Crippen molar-refractivity contribution < 1.29 is 14.3 Å². The highest BCUT2D eigenvalue weighted by Gasteiger charge is 2.18. The molecule has 2 aromatic carbocycles. The average molecular weight is 338 g/mol. The van der Waals surface area contributed by atoms with E-state index in [1.165, 1.54) is 0 Å². The maximum Gasteiger partial charge on any atom is 0.199 e. The van der Waals surface area contributed by atoms with E-state index in [2.05, 4.69) is 25.1 Å². The lowest BCUT2D eigenvalue weighted by Crippen LogP contribution is -2.25. The number of rotatable bonds is 7. The minimum absolute atomic E-state index is 0.0419. The van der Waals surface area contributed by atoms with Crippen molar-refractivity contribution in [3.05, 3.63) is 54.1 Å². The summed E-state index contributed by atoms with van der Waals surface area (Å²) in [5.41, 5.74) is 3.18. The zero-order valence-electron chi connectivity index (χ0n) is 14.8. The number of ether oxygens (including phenoxy) is 2. The highest BCUT2D eigenvalue weighted by Crippen LogP contribution is 2.33. The van der Waals surface area contributed by atoms with Crippen molar-refractivity contribution >= 4 is 6.29 Å². The van der Waals surface area contributed by atoms with Gasteiger partial charge in [-0.15, -0.1) is 0 Å². The summed E-state index contributed by atoms with van der Waals surface area (Å²) in [6, 6.07) is 16.3. The monoisotopic (exact) mass is 338 g/mol. The molecule has 1 aliphatic heterocycles. The molecule has 0 radical (unpaired) electrons. The van der Waals surface area contributed by atoms with Gasteiger partial charge in [0.25, 0.3) is 0 Å². The number of carbonyl (C=O) groups is 1. The summed E-state index contributed by atoms with van der Waals surface area (Å²) in [6.07, 6.45) is 5.93. The molecule has 0 saturated carbocycles. The number of hydrogen-bond donors (Lipinski definition) is 0. The second-order valence-corrected chi connectivity index (χ2v) is 6.57. The molecule has 0 spiro atoms. The molecule has 1 saturated heterocycles. The summed E-state index contributed by atoms with van der Waals surface area (Å²) in [6.45, 7) is 2.87. The summed E-state index contributed by atoms with van der Waals surface area (Å²) in [5, 5.41) is 0. The van der Waals surface area contributed by atoms with Crippen molar-refractivity contribution in [2.45, 2.75) is 51.2 Å². The van der Waals surface area contributed by atoms with Gasteiger partial charge in [0.1, 0.15) is 12.0 Å². The van der Waals surface area contributed by atoms with Crippen LogP contribution in [0.4, 0.5) is 0 Å². The summed E-state index contributed by atoms with van der Waals surface area (Å²) >= 11 is 0. The summed E-state index contributed by atoms with van der Waals surface area (Å²) in [5.74, 6) is 0.796. The predicted octanol–water partition coefficient (Wildman–Crippen LogP) is 5.34. The number of carbonyl (C=O) groups excluding carboxylic acids is 1. The van der Waals surface area contributed by atoms with Gasteiger partial charge in [0.2, 0.25) is 0 Å². The first-order valence-corrected chi connectivity index (χ1v) is 9.24. The first kappa shape index (κ1) is 17.7. The molecule has 3 rings (SSSR count). The Morgan fingerprint density at radius 2 is 2.08 bits per heavy atom. The highest BCUT2D eigenvalue weighted by atomic mass is 16.7. The van der Waals surface area contributed by atoms with Crippen molar-refractivity contribution in [1.29, 1.82) is 0 Å². The van der Waals surface area contributed by atoms with Gasteiger partial charge in [0, 0.05) is 17.9 Å². The first-order chi connectivity index (χ1) is 12.3. The molecule has 0 bridgehead atoms. The van der Waals surface area contributed by atoms with Crippen LogP contribution >= 0.6 is 0 Å². The Morgan fingerprint density at radius 1 is 1.20 bits per heavy atom. The van der Waals surface area contributed by atoms with Gasteiger partial charge in [-0.1, -0.05) is 55.8 Å². The van der Waals surface area contributed by atoms with Crippen LogP contribution in [0, 0.1) is 0 Å². The molecule has 25 heavy (non-hydrogen) atoms. The SMILES string of the molecule is CCCC(C=O)c1cccc(-c2ccccc2OC2CCCCO2)c1. The fourth-order valence-electron chi connectivity index (χ4n) is 3.31. The standard InChI is InChI=1S/C22H26O3/c1-2-8-19(16-23)17-9-7-10-18(15-17)20-11-3-4-12-21(20)25-22-13-5-6-14-24-22/h3-4,7,9-12,15-16,19,22H,2,5-6,8,13-14H2,1H3. The molecule has 1 fully saturated rings. The molecule has 0 N–H and O–H groups in total. The van der Waals surface area contributed by atoms with Crippen molar-refractivity contribution in [2.24, 2.45) is 0 Å². The van der Waals surface area contributed by atoms with E-state index in [1.54, 1.807) is 0 Å². The Balaban J connectivity index is 1.87. The topological polar surface area (TPSA) is 35.5 Å². The van der Waals surface area contributed by atoms with E-state index in [0.29, 0.717) is 0 Å². The fourth-order valence-corrected chi connectivity index (χ4v) is 3.31. The third-order valence-corrected chi connectivity index (χ3v) is 4.67. The molecular formula is C22H26O3. The van der Waals surface area contributed by atoms with Gasteiger partial charge in [0.15, 0.2) is 6.29 Å². The Hall–Kier alpha value is -2.13. The van der Waals surface area contributed by atoms with Crippen LogP contribution in [-0.2, 0) is 9.53 Å². The zero-order chi connectivity index (χ0) is 17.5. The lowest BCUT2D eigenvalue weighted by Gasteiger charge is -2.24. The zero-order valence-corrected chi connectivity index (χ0v) is 14.8. The Kier molecular flexibility index (Phi) is 6.24. The summed E-state index contributed by atoms with van der Waals surface area (Å²) in [4.78, 5) is 11.4. The molecule has 1 aliphatic rings. The quantitative estimate of drug-likeness (QED) is 0.639. The van der Waals surface area contributed by atoms with Crippen LogP contribution in [0.3, 0.4) is 0 Å². The Morgan fingerprint density at radius 3 is 2.84 bits per heavy atom. The number of aldehydes is 1. The molecule has 3 nitrogen and oxygen atoms in total. The van der Waals surface area contributed by atoms with E-state index in [4.69, 9.17) is 9.47 Å². The fraction of sp³-hybridized carbons (Fsp3) is 0.409. The molecule has 132 valence electrons. The Bertz CT molecular complexity index is 689. The largest absolute Gasteiger partial charge is 0.464 e. The van der Waals surface area contributed by atoms with Crippen molar-refractivity contribution in [1.82, 2.24) is 0 Å². The maximum absolute atomic E-state index is 11.4. The molecule has 0 aliphatic carbocycles. The number of para-hydroxylation sites is 1. The number of hydrogen-bond acceptors (Lipinski definition) is 3. The van der Waals surface area contributed by atoms with E-state index in [0.717, 1.165) is 67.4 Å². The molecule has 0 aromatic heterocycles. The van der Waals surface area contributed by atoms with Gasteiger partial charge in [-0.3, -0.25) is 0 Å². The predicted molar refractivity (Wildman–Crippen MR) is 99.8 cm³/mol. The second-order valence-electron chi connectivity index (χ2n) is 6.57. The van der Waals surface area contributed by atoms with Gasteiger partial charge >= 0.3 is 0 Å². The van der Waals surface area contributed by atoms with Crippen LogP contribution in [0.1, 0.15) is 50.5 Å². The van der Waals surface area contributed by atoms with Gasteiger partial charge in [0.05, 0.1) is 6.61 Å². The lowest BCUT2D eigenvalue weighted by atomic mass is 9.93. The molecule has 2 atom stereocenters. The van der Waals surface area contributed by atoms with Crippen LogP contribution in [0.15, 0.2) is 48.5 Å². The molecule has 2 aromatic rings. The van der Waals surface area contributed by atoms with Gasteiger partial charge in [-0.05, 0) is 36.5 Å². The van der Waals surface area contributed by atoms with Gasteiger partial charge in [-0.25, -0.2) is 0 Å². The van der Waals surface area contributed by atoms with E-state index >= 15 is 0 Å². The summed E-state index contributed by atoms with van der Waals surface area (Å²) < 4.78 is 11.8. The van der Waals surface area contributed by atoms with Crippen molar-refractivity contribution in [3.8, 4) is 16.9 Å². The van der Waals surface area contributed by atoms with Crippen LogP contribution in [-0.4, -0.2) is 19.2 Å². The second kappa shape index (κ2) is 8.82. The van der Waals surface area contributed by atoms with Gasteiger partial charge in [-0.2, -0.15) is 0 Å².